The van der Waals surface area contributed by atoms with Crippen molar-refractivity contribution in [2.75, 3.05) is 6.67 Å². The summed E-state index contributed by atoms with van der Waals surface area (Å²) in [4.78, 5) is 12.2. The molecule has 0 aromatic carbocycles. The van der Waals surface area contributed by atoms with Crippen LogP contribution in [0.1, 0.15) is 48.3 Å². The van der Waals surface area contributed by atoms with Crippen molar-refractivity contribution >= 4 is 5.91 Å². The Labute approximate surface area is 120 Å². The fourth-order valence-corrected chi connectivity index (χ4v) is 2.49. The fourth-order valence-electron chi connectivity index (χ4n) is 2.49. The zero-order valence-electron chi connectivity index (χ0n) is 11.9. The van der Waals surface area contributed by atoms with Crippen molar-refractivity contribution in [3.63, 3.8) is 0 Å². The van der Waals surface area contributed by atoms with E-state index in [0.29, 0.717) is 5.69 Å². The number of carbonyl (C=O) groups excluding carboxylic acids is 1. The number of nitrogens with zero attached hydrogens (tertiary/aromatic N) is 3. The molecule has 1 fully saturated rings. The molecular formula is C13H19F3N4O. The summed E-state index contributed by atoms with van der Waals surface area (Å²) < 4.78 is 39.8. The molecule has 1 aromatic heterocycles. The molecule has 5 nitrogen and oxygen atoms in total. The number of halogens is 3. The number of aromatic nitrogens is 3. The molecule has 1 aromatic rings. The number of amides is 1. The molecule has 1 saturated carbocycles. The third-order valence-corrected chi connectivity index (χ3v) is 3.67. The Morgan fingerprint density at radius 3 is 2.71 bits per heavy atom. The van der Waals surface area contributed by atoms with Crippen molar-refractivity contribution in [2.24, 2.45) is 0 Å². The van der Waals surface area contributed by atoms with E-state index in [1.807, 2.05) is 0 Å². The van der Waals surface area contributed by atoms with Crippen LogP contribution in [0, 0.1) is 6.92 Å². The summed E-state index contributed by atoms with van der Waals surface area (Å²) in [6, 6.07) is -0.263. The Kier molecular flexibility index (Phi) is 4.84. The Morgan fingerprint density at radius 2 is 2.10 bits per heavy atom. The van der Waals surface area contributed by atoms with Gasteiger partial charge in [0.05, 0.1) is 12.4 Å². The molecule has 8 heteroatoms. The number of rotatable bonds is 5. The SMILES string of the molecule is Cc1nnn(CCCF)c1C(=O)NC1CCC(F)(F)CC1. The first-order chi connectivity index (χ1) is 9.93. The van der Waals surface area contributed by atoms with E-state index >= 15 is 0 Å². The zero-order chi connectivity index (χ0) is 15.5. The first-order valence-corrected chi connectivity index (χ1v) is 7.08. The fraction of sp³-hybridized carbons (Fsp3) is 0.769. The number of nitrogens with one attached hydrogen (secondary N) is 1. The summed E-state index contributed by atoms with van der Waals surface area (Å²) in [6.07, 6.45) is 0.332. The molecule has 0 saturated heterocycles. The molecule has 21 heavy (non-hydrogen) atoms. The Morgan fingerprint density at radius 1 is 1.43 bits per heavy atom. The van der Waals surface area contributed by atoms with Gasteiger partial charge in [0.25, 0.3) is 5.91 Å². The van der Waals surface area contributed by atoms with E-state index in [1.165, 1.54) is 4.68 Å². The molecule has 1 N–H and O–H groups in total. The Bertz CT molecular complexity index is 494. The average molecular weight is 304 g/mol. The quantitative estimate of drug-likeness (QED) is 0.907. The number of hydrogen-bond donors (Lipinski definition) is 1. The molecule has 0 atom stereocenters. The van der Waals surface area contributed by atoms with Crippen molar-refractivity contribution in [3.8, 4) is 0 Å². The van der Waals surface area contributed by atoms with E-state index in [9.17, 15) is 18.0 Å². The minimum atomic E-state index is -2.62. The van der Waals surface area contributed by atoms with Crippen LogP contribution in [0.3, 0.4) is 0 Å². The number of aryl methyl sites for hydroxylation is 2. The Balaban J connectivity index is 1.99. The second-order valence-electron chi connectivity index (χ2n) is 5.39. The lowest BCUT2D eigenvalue weighted by Gasteiger charge is -2.28. The highest BCUT2D eigenvalue weighted by Gasteiger charge is 2.35. The first-order valence-electron chi connectivity index (χ1n) is 7.08. The van der Waals surface area contributed by atoms with Crippen molar-refractivity contribution in [3.05, 3.63) is 11.4 Å². The van der Waals surface area contributed by atoms with Crippen molar-refractivity contribution in [1.82, 2.24) is 20.3 Å². The second-order valence-corrected chi connectivity index (χ2v) is 5.39. The maximum atomic E-state index is 13.1. The molecule has 1 amide bonds. The lowest BCUT2D eigenvalue weighted by atomic mass is 9.92. The summed E-state index contributed by atoms with van der Waals surface area (Å²) in [5.41, 5.74) is 0.730. The van der Waals surface area contributed by atoms with E-state index in [2.05, 4.69) is 15.6 Å². The summed E-state index contributed by atoms with van der Waals surface area (Å²) in [5.74, 6) is -3.01. The van der Waals surface area contributed by atoms with Gasteiger partial charge in [-0.15, -0.1) is 5.10 Å². The normalized spacial score (nSPS) is 18.7. The largest absolute Gasteiger partial charge is 0.348 e. The van der Waals surface area contributed by atoms with Crippen LogP contribution in [0.15, 0.2) is 0 Å². The van der Waals surface area contributed by atoms with Crippen LogP contribution < -0.4 is 5.32 Å². The van der Waals surface area contributed by atoms with Gasteiger partial charge >= 0.3 is 0 Å². The molecule has 0 bridgehead atoms. The molecule has 0 unspecified atom stereocenters. The van der Waals surface area contributed by atoms with Gasteiger partial charge in [0.2, 0.25) is 5.92 Å². The van der Waals surface area contributed by atoms with Gasteiger partial charge in [0.15, 0.2) is 0 Å². The van der Waals surface area contributed by atoms with Gasteiger partial charge < -0.3 is 5.32 Å². The van der Waals surface area contributed by atoms with Crippen LogP contribution in [0.2, 0.25) is 0 Å². The monoisotopic (exact) mass is 304 g/mol. The zero-order valence-corrected chi connectivity index (χ0v) is 11.9. The summed E-state index contributed by atoms with van der Waals surface area (Å²) in [6.45, 7) is 1.41. The van der Waals surface area contributed by atoms with Gasteiger partial charge in [-0.05, 0) is 26.2 Å². The summed E-state index contributed by atoms with van der Waals surface area (Å²) >= 11 is 0. The number of carbonyl (C=O) groups is 1. The van der Waals surface area contributed by atoms with Crippen LogP contribution in [0.4, 0.5) is 13.2 Å². The predicted molar refractivity (Wildman–Crippen MR) is 70.0 cm³/mol. The first kappa shape index (κ1) is 15.8. The molecule has 2 rings (SSSR count). The van der Waals surface area contributed by atoms with Gasteiger partial charge in [-0.1, -0.05) is 5.21 Å². The second kappa shape index (κ2) is 6.44. The van der Waals surface area contributed by atoms with E-state index in [1.54, 1.807) is 6.92 Å². The van der Waals surface area contributed by atoms with Gasteiger partial charge in [0, 0.05) is 25.4 Å². The van der Waals surface area contributed by atoms with Crippen LogP contribution >= 0.6 is 0 Å². The van der Waals surface area contributed by atoms with Crippen LogP contribution in [0.5, 0.6) is 0 Å². The van der Waals surface area contributed by atoms with Gasteiger partial charge in [-0.25, -0.2) is 13.5 Å². The highest BCUT2D eigenvalue weighted by Crippen LogP contribution is 2.33. The minimum Gasteiger partial charge on any atom is -0.348 e. The predicted octanol–water partition coefficient (Wildman–Crippen LogP) is 2.25. The van der Waals surface area contributed by atoms with Crippen molar-refractivity contribution in [1.29, 1.82) is 0 Å². The topological polar surface area (TPSA) is 59.8 Å². The summed E-state index contributed by atoms with van der Waals surface area (Å²) in [7, 11) is 0. The molecule has 1 aliphatic rings. The maximum absolute atomic E-state index is 13.1. The van der Waals surface area contributed by atoms with E-state index in [4.69, 9.17) is 0 Å². The van der Waals surface area contributed by atoms with Crippen molar-refractivity contribution in [2.45, 2.75) is 57.5 Å². The summed E-state index contributed by atoms with van der Waals surface area (Å²) in [5, 5.41) is 10.4. The molecule has 0 spiro atoms. The molecule has 0 aliphatic heterocycles. The maximum Gasteiger partial charge on any atom is 0.271 e. The lowest BCUT2D eigenvalue weighted by Crippen LogP contribution is -2.41. The van der Waals surface area contributed by atoms with E-state index in [0.717, 1.165) is 0 Å². The highest BCUT2D eigenvalue weighted by molar-refractivity contribution is 5.93. The van der Waals surface area contributed by atoms with Crippen LogP contribution in [0.25, 0.3) is 0 Å². The van der Waals surface area contributed by atoms with Crippen LogP contribution in [-0.2, 0) is 6.54 Å². The molecule has 118 valence electrons. The molecule has 0 radical (unpaired) electrons. The average Bonchev–Trinajstić information content (AvgIpc) is 2.80. The van der Waals surface area contributed by atoms with E-state index < -0.39 is 12.6 Å². The minimum absolute atomic E-state index is 0.212. The van der Waals surface area contributed by atoms with Crippen LogP contribution in [-0.4, -0.2) is 39.5 Å². The van der Waals surface area contributed by atoms with E-state index in [-0.39, 0.29) is 56.3 Å². The third kappa shape index (κ3) is 3.95. The lowest BCUT2D eigenvalue weighted by molar-refractivity contribution is -0.0399. The molecular weight excluding hydrogens is 285 g/mol. The van der Waals surface area contributed by atoms with Gasteiger partial charge in [-0.2, -0.15) is 0 Å². The standard InChI is InChI=1S/C13H19F3N4O/c1-9-11(20(19-18-9)8-2-7-14)12(21)17-10-3-5-13(15,16)6-4-10/h10H,2-8H2,1H3,(H,17,21). The Hall–Kier alpha value is -1.60. The van der Waals surface area contributed by atoms with Crippen molar-refractivity contribution < 1.29 is 18.0 Å². The third-order valence-electron chi connectivity index (χ3n) is 3.67. The molecule has 1 aliphatic carbocycles. The molecule has 1 heterocycles. The smallest absolute Gasteiger partial charge is 0.271 e. The number of alkyl halides is 3. The highest BCUT2D eigenvalue weighted by atomic mass is 19.3. The number of hydrogen-bond acceptors (Lipinski definition) is 3. The van der Waals surface area contributed by atoms with Gasteiger partial charge in [-0.3, -0.25) is 9.18 Å². The van der Waals surface area contributed by atoms with Gasteiger partial charge in [0.1, 0.15) is 5.69 Å².